The SMILES string of the molecule is O=C(NCCCN1CCCC1)c1cccc(Cl)n1. The van der Waals surface area contributed by atoms with Gasteiger partial charge in [-0.25, -0.2) is 4.98 Å². The summed E-state index contributed by atoms with van der Waals surface area (Å²) in [4.78, 5) is 18.2. The van der Waals surface area contributed by atoms with E-state index in [1.807, 2.05) is 0 Å². The summed E-state index contributed by atoms with van der Waals surface area (Å²) in [5.74, 6) is -0.154. The van der Waals surface area contributed by atoms with Crippen LogP contribution in [0, 0.1) is 0 Å². The first kappa shape index (κ1) is 13.3. The number of aromatic nitrogens is 1. The van der Waals surface area contributed by atoms with Crippen LogP contribution >= 0.6 is 11.6 Å². The molecule has 4 nitrogen and oxygen atoms in total. The van der Waals surface area contributed by atoms with Crippen LogP contribution in [0.5, 0.6) is 0 Å². The van der Waals surface area contributed by atoms with Crippen molar-refractivity contribution in [3.8, 4) is 0 Å². The molecule has 1 saturated heterocycles. The Morgan fingerprint density at radius 3 is 2.89 bits per heavy atom. The maximum absolute atomic E-state index is 11.7. The fourth-order valence-corrected chi connectivity index (χ4v) is 2.30. The van der Waals surface area contributed by atoms with E-state index in [1.54, 1.807) is 18.2 Å². The first-order valence-corrected chi connectivity index (χ1v) is 6.76. The van der Waals surface area contributed by atoms with Crippen molar-refractivity contribution in [2.45, 2.75) is 19.3 Å². The van der Waals surface area contributed by atoms with Gasteiger partial charge in [-0.05, 0) is 51.0 Å². The van der Waals surface area contributed by atoms with Gasteiger partial charge >= 0.3 is 0 Å². The number of rotatable bonds is 5. The lowest BCUT2D eigenvalue weighted by molar-refractivity contribution is 0.0947. The fraction of sp³-hybridized carbons (Fsp3) is 0.538. The maximum Gasteiger partial charge on any atom is 0.269 e. The molecule has 1 N–H and O–H groups in total. The molecular formula is C13H18ClN3O. The number of likely N-dealkylation sites (tertiary alicyclic amines) is 1. The zero-order chi connectivity index (χ0) is 12.8. The topological polar surface area (TPSA) is 45.2 Å². The van der Waals surface area contributed by atoms with Crippen LogP contribution in [0.25, 0.3) is 0 Å². The van der Waals surface area contributed by atoms with Crippen LogP contribution in [0.15, 0.2) is 18.2 Å². The third kappa shape index (κ3) is 3.96. The van der Waals surface area contributed by atoms with Crippen LogP contribution in [-0.4, -0.2) is 42.0 Å². The summed E-state index contributed by atoms with van der Waals surface area (Å²) < 4.78 is 0. The van der Waals surface area contributed by atoms with E-state index < -0.39 is 0 Å². The van der Waals surface area contributed by atoms with Gasteiger partial charge in [0.1, 0.15) is 10.8 Å². The second-order valence-electron chi connectivity index (χ2n) is 4.50. The summed E-state index contributed by atoms with van der Waals surface area (Å²) >= 11 is 5.74. The van der Waals surface area contributed by atoms with Gasteiger partial charge in [-0.15, -0.1) is 0 Å². The molecule has 1 amide bonds. The number of halogens is 1. The van der Waals surface area contributed by atoms with Gasteiger partial charge in [0.25, 0.3) is 5.91 Å². The summed E-state index contributed by atoms with van der Waals surface area (Å²) in [5.41, 5.74) is 0.378. The van der Waals surface area contributed by atoms with Crippen molar-refractivity contribution in [2.75, 3.05) is 26.2 Å². The highest BCUT2D eigenvalue weighted by Crippen LogP contribution is 2.07. The molecule has 18 heavy (non-hydrogen) atoms. The van der Waals surface area contributed by atoms with Gasteiger partial charge in [-0.3, -0.25) is 4.79 Å². The van der Waals surface area contributed by atoms with Gasteiger partial charge in [0.2, 0.25) is 0 Å². The lowest BCUT2D eigenvalue weighted by atomic mass is 10.3. The Kier molecular flexibility index (Phi) is 4.96. The van der Waals surface area contributed by atoms with E-state index in [1.165, 1.54) is 25.9 Å². The number of hydrogen-bond donors (Lipinski definition) is 1. The molecule has 5 heteroatoms. The molecule has 0 radical (unpaired) electrons. The molecule has 1 aromatic heterocycles. The summed E-state index contributed by atoms with van der Waals surface area (Å²) in [7, 11) is 0. The molecular weight excluding hydrogens is 250 g/mol. The predicted octanol–water partition coefficient (Wildman–Crippen LogP) is 1.95. The van der Waals surface area contributed by atoms with Crippen molar-refractivity contribution in [2.24, 2.45) is 0 Å². The summed E-state index contributed by atoms with van der Waals surface area (Å²) in [5, 5.41) is 3.21. The van der Waals surface area contributed by atoms with E-state index in [0.29, 0.717) is 17.4 Å². The molecule has 2 heterocycles. The Morgan fingerprint density at radius 1 is 1.39 bits per heavy atom. The van der Waals surface area contributed by atoms with E-state index >= 15 is 0 Å². The average molecular weight is 268 g/mol. The molecule has 0 aromatic carbocycles. The van der Waals surface area contributed by atoms with Crippen LogP contribution < -0.4 is 5.32 Å². The third-order valence-corrected chi connectivity index (χ3v) is 3.29. The molecule has 0 unspecified atom stereocenters. The Morgan fingerprint density at radius 2 is 2.17 bits per heavy atom. The number of nitrogens with one attached hydrogen (secondary N) is 1. The fourth-order valence-electron chi connectivity index (χ4n) is 2.14. The van der Waals surface area contributed by atoms with Crippen molar-refractivity contribution >= 4 is 17.5 Å². The minimum absolute atomic E-state index is 0.154. The van der Waals surface area contributed by atoms with Crippen molar-refractivity contribution in [3.05, 3.63) is 29.0 Å². The van der Waals surface area contributed by atoms with Crippen LogP contribution in [-0.2, 0) is 0 Å². The predicted molar refractivity (Wildman–Crippen MR) is 71.9 cm³/mol. The third-order valence-electron chi connectivity index (χ3n) is 3.08. The van der Waals surface area contributed by atoms with E-state index in [0.717, 1.165) is 13.0 Å². The Hall–Kier alpha value is -1.13. The highest BCUT2D eigenvalue weighted by Gasteiger charge is 2.11. The Balaban J connectivity index is 1.68. The molecule has 0 saturated carbocycles. The second kappa shape index (κ2) is 6.71. The number of amides is 1. The van der Waals surface area contributed by atoms with Gasteiger partial charge in [0.15, 0.2) is 0 Å². The normalized spacial score (nSPS) is 15.8. The number of hydrogen-bond acceptors (Lipinski definition) is 3. The van der Waals surface area contributed by atoms with Crippen molar-refractivity contribution in [1.29, 1.82) is 0 Å². The molecule has 98 valence electrons. The highest BCUT2D eigenvalue weighted by atomic mass is 35.5. The average Bonchev–Trinajstić information content (AvgIpc) is 2.87. The van der Waals surface area contributed by atoms with Gasteiger partial charge < -0.3 is 10.2 Å². The molecule has 0 atom stereocenters. The zero-order valence-corrected chi connectivity index (χ0v) is 11.1. The molecule has 2 rings (SSSR count). The molecule has 1 aromatic rings. The standard InChI is InChI=1S/C13H18ClN3O/c14-12-6-3-5-11(16-12)13(18)15-7-4-10-17-8-1-2-9-17/h3,5-6H,1-2,4,7-10H2,(H,15,18). The van der Waals surface area contributed by atoms with Gasteiger partial charge in [-0.2, -0.15) is 0 Å². The van der Waals surface area contributed by atoms with Crippen molar-refractivity contribution in [1.82, 2.24) is 15.2 Å². The molecule has 0 aliphatic carbocycles. The van der Waals surface area contributed by atoms with E-state index in [-0.39, 0.29) is 5.91 Å². The maximum atomic E-state index is 11.7. The summed E-state index contributed by atoms with van der Waals surface area (Å²) in [6, 6.07) is 5.06. The lowest BCUT2D eigenvalue weighted by Gasteiger charge is -2.14. The van der Waals surface area contributed by atoms with Crippen molar-refractivity contribution in [3.63, 3.8) is 0 Å². The molecule has 0 bridgehead atoms. The molecule has 1 aliphatic heterocycles. The molecule has 1 aliphatic rings. The number of pyridine rings is 1. The number of nitrogens with zero attached hydrogens (tertiary/aromatic N) is 2. The first-order valence-electron chi connectivity index (χ1n) is 6.39. The van der Waals surface area contributed by atoms with Crippen molar-refractivity contribution < 1.29 is 4.79 Å². The molecule has 1 fully saturated rings. The quantitative estimate of drug-likeness (QED) is 0.655. The van der Waals surface area contributed by atoms with Crippen LogP contribution in [0.1, 0.15) is 29.8 Å². The Bertz CT molecular complexity index is 405. The van der Waals surface area contributed by atoms with Crippen LogP contribution in [0.4, 0.5) is 0 Å². The zero-order valence-electron chi connectivity index (χ0n) is 10.4. The smallest absolute Gasteiger partial charge is 0.269 e. The summed E-state index contributed by atoms with van der Waals surface area (Å²) in [6.07, 6.45) is 3.59. The highest BCUT2D eigenvalue weighted by molar-refractivity contribution is 6.29. The minimum Gasteiger partial charge on any atom is -0.351 e. The van der Waals surface area contributed by atoms with E-state index in [4.69, 9.17) is 11.6 Å². The lowest BCUT2D eigenvalue weighted by Crippen LogP contribution is -2.29. The number of carbonyl (C=O) groups excluding carboxylic acids is 1. The first-order chi connectivity index (χ1) is 8.75. The monoisotopic (exact) mass is 267 g/mol. The molecule has 0 spiro atoms. The van der Waals surface area contributed by atoms with Gasteiger partial charge in [0, 0.05) is 6.54 Å². The van der Waals surface area contributed by atoms with Gasteiger partial charge in [-0.1, -0.05) is 17.7 Å². The van der Waals surface area contributed by atoms with E-state index in [9.17, 15) is 4.79 Å². The summed E-state index contributed by atoms with van der Waals surface area (Å²) in [6.45, 7) is 4.14. The largest absolute Gasteiger partial charge is 0.351 e. The van der Waals surface area contributed by atoms with E-state index in [2.05, 4.69) is 15.2 Å². The number of carbonyl (C=O) groups is 1. The van der Waals surface area contributed by atoms with Gasteiger partial charge in [0.05, 0.1) is 0 Å². The van der Waals surface area contributed by atoms with Crippen LogP contribution in [0.2, 0.25) is 5.15 Å². The van der Waals surface area contributed by atoms with Crippen LogP contribution in [0.3, 0.4) is 0 Å². The minimum atomic E-state index is -0.154. The Labute approximate surface area is 112 Å². The second-order valence-corrected chi connectivity index (χ2v) is 4.89.